The molecule has 0 amide bonds. The summed E-state index contributed by atoms with van der Waals surface area (Å²) in [5, 5.41) is 4.32. The number of nitrogens with one attached hydrogen (secondary N) is 1. The highest BCUT2D eigenvalue weighted by Crippen LogP contribution is 2.30. The van der Waals surface area contributed by atoms with E-state index in [1.54, 1.807) is 6.07 Å². The van der Waals surface area contributed by atoms with E-state index < -0.39 is 0 Å². The lowest BCUT2D eigenvalue weighted by molar-refractivity contribution is 0.346. The van der Waals surface area contributed by atoms with E-state index in [2.05, 4.69) is 20.1 Å². The number of rotatable bonds is 6. The van der Waals surface area contributed by atoms with Gasteiger partial charge in [0, 0.05) is 26.7 Å². The van der Waals surface area contributed by atoms with Gasteiger partial charge in [0.1, 0.15) is 11.6 Å². The van der Waals surface area contributed by atoms with Crippen LogP contribution in [0, 0.1) is 0 Å². The van der Waals surface area contributed by atoms with Crippen LogP contribution >= 0.6 is 23.2 Å². The van der Waals surface area contributed by atoms with Gasteiger partial charge in [0.15, 0.2) is 0 Å². The fourth-order valence-electron chi connectivity index (χ4n) is 2.42. The van der Waals surface area contributed by atoms with Gasteiger partial charge in [-0.3, -0.25) is 0 Å². The first-order chi connectivity index (χ1) is 9.61. The largest absolute Gasteiger partial charge is 0.369 e. The maximum absolute atomic E-state index is 6.26. The molecule has 1 fully saturated rings. The van der Waals surface area contributed by atoms with Gasteiger partial charge in [-0.15, -0.1) is 0 Å². The molecule has 0 radical (unpaired) electrons. The van der Waals surface area contributed by atoms with Crippen LogP contribution in [0.3, 0.4) is 0 Å². The molecule has 2 heterocycles. The topological polar surface area (TPSA) is 31.4 Å². The third kappa shape index (κ3) is 3.90. The summed E-state index contributed by atoms with van der Waals surface area (Å²) in [5.74, 6) is 1.48. The van der Waals surface area contributed by atoms with Crippen LogP contribution < -0.4 is 10.2 Å². The van der Waals surface area contributed by atoms with Gasteiger partial charge in [-0.2, -0.15) is 0 Å². The second-order valence-electron chi connectivity index (χ2n) is 5.12. The molecule has 1 aromatic heterocycles. The quantitative estimate of drug-likeness (QED) is 0.872. The molecule has 6 heteroatoms. The monoisotopic (exact) mass is 316 g/mol. The average Bonchev–Trinajstić information content (AvgIpc) is 2.92. The van der Waals surface area contributed by atoms with Crippen LogP contribution in [-0.2, 0) is 0 Å². The van der Waals surface area contributed by atoms with Gasteiger partial charge in [-0.1, -0.05) is 23.2 Å². The molecule has 20 heavy (non-hydrogen) atoms. The second kappa shape index (κ2) is 7.34. The summed E-state index contributed by atoms with van der Waals surface area (Å²) in [6.07, 6.45) is 2.63. The molecular weight excluding hydrogens is 295 g/mol. The Labute approximate surface area is 131 Å². The van der Waals surface area contributed by atoms with Crippen molar-refractivity contribution in [2.75, 3.05) is 50.0 Å². The van der Waals surface area contributed by atoms with Crippen molar-refractivity contribution in [1.82, 2.24) is 9.88 Å². The third-order valence-electron chi connectivity index (χ3n) is 3.57. The van der Waals surface area contributed by atoms with E-state index in [4.69, 9.17) is 23.2 Å². The molecule has 0 saturated carbocycles. The van der Waals surface area contributed by atoms with Gasteiger partial charge in [-0.25, -0.2) is 4.98 Å². The first-order valence-electron chi connectivity index (χ1n) is 7.15. The van der Waals surface area contributed by atoms with Crippen LogP contribution in [0.15, 0.2) is 6.07 Å². The number of nitrogens with zero attached hydrogens (tertiary/aromatic N) is 3. The third-order valence-corrected chi connectivity index (χ3v) is 4.13. The summed E-state index contributed by atoms with van der Waals surface area (Å²) >= 11 is 12.4. The molecule has 0 unspecified atom stereocenters. The van der Waals surface area contributed by atoms with Gasteiger partial charge in [-0.05, 0) is 38.9 Å². The van der Waals surface area contributed by atoms with Gasteiger partial charge in [0.25, 0.3) is 0 Å². The molecule has 1 aromatic rings. The summed E-state index contributed by atoms with van der Waals surface area (Å²) < 4.78 is 0. The first kappa shape index (κ1) is 15.7. The van der Waals surface area contributed by atoms with Crippen LogP contribution in [0.1, 0.15) is 19.8 Å². The lowest BCUT2D eigenvalue weighted by Crippen LogP contribution is -2.32. The Bertz CT molecular complexity index is 447. The fourth-order valence-corrected chi connectivity index (χ4v) is 2.99. The molecular formula is C14H22Cl2N4. The molecule has 4 nitrogen and oxygen atoms in total. The molecule has 1 aliphatic heterocycles. The highest BCUT2D eigenvalue weighted by Gasteiger charge is 2.15. The Morgan fingerprint density at radius 3 is 2.65 bits per heavy atom. The van der Waals surface area contributed by atoms with Crippen molar-refractivity contribution >= 4 is 34.8 Å². The number of hydrogen-bond acceptors (Lipinski definition) is 4. The highest BCUT2D eigenvalue weighted by atomic mass is 35.5. The fraction of sp³-hybridized carbons (Fsp3) is 0.643. The van der Waals surface area contributed by atoms with Crippen molar-refractivity contribution in [3.63, 3.8) is 0 Å². The van der Waals surface area contributed by atoms with Crippen molar-refractivity contribution in [2.45, 2.75) is 19.8 Å². The Morgan fingerprint density at radius 1 is 1.30 bits per heavy atom. The predicted molar refractivity (Wildman–Crippen MR) is 87.4 cm³/mol. The first-order valence-corrected chi connectivity index (χ1v) is 7.90. The zero-order chi connectivity index (χ0) is 14.5. The normalized spacial score (nSPS) is 15.6. The number of anilines is 2. The molecule has 0 aliphatic carbocycles. The van der Waals surface area contributed by atoms with Crippen LogP contribution in [0.2, 0.25) is 10.0 Å². The molecule has 0 atom stereocenters. The van der Waals surface area contributed by atoms with E-state index in [9.17, 15) is 0 Å². The van der Waals surface area contributed by atoms with Gasteiger partial charge in [0.2, 0.25) is 0 Å². The number of halogens is 2. The van der Waals surface area contributed by atoms with E-state index in [0.29, 0.717) is 15.9 Å². The van der Waals surface area contributed by atoms with Crippen LogP contribution in [0.4, 0.5) is 11.6 Å². The minimum Gasteiger partial charge on any atom is -0.369 e. The van der Waals surface area contributed by atoms with Gasteiger partial charge >= 0.3 is 0 Å². The number of hydrogen-bond donors (Lipinski definition) is 1. The maximum Gasteiger partial charge on any atom is 0.149 e. The predicted octanol–water partition coefficient (Wildman–Crippen LogP) is 3.35. The molecule has 1 aliphatic rings. The van der Waals surface area contributed by atoms with Crippen LogP contribution in [-0.4, -0.2) is 49.7 Å². The van der Waals surface area contributed by atoms with Crippen molar-refractivity contribution in [3.8, 4) is 0 Å². The summed E-state index contributed by atoms with van der Waals surface area (Å²) in [6, 6.07) is 1.76. The van der Waals surface area contributed by atoms with E-state index in [1.807, 2.05) is 14.0 Å². The number of pyridine rings is 1. The summed E-state index contributed by atoms with van der Waals surface area (Å²) in [4.78, 5) is 9.11. The van der Waals surface area contributed by atoms with Crippen molar-refractivity contribution in [1.29, 1.82) is 0 Å². The molecule has 2 rings (SSSR count). The lowest BCUT2D eigenvalue weighted by atomic mass is 10.4. The van der Waals surface area contributed by atoms with E-state index in [0.717, 1.165) is 25.5 Å². The van der Waals surface area contributed by atoms with E-state index >= 15 is 0 Å². The van der Waals surface area contributed by atoms with E-state index in [1.165, 1.54) is 25.9 Å². The zero-order valence-corrected chi connectivity index (χ0v) is 13.6. The van der Waals surface area contributed by atoms with Crippen molar-refractivity contribution in [3.05, 3.63) is 16.1 Å². The smallest absolute Gasteiger partial charge is 0.149 e. The average molecular weight is 317 g/mol. The second-order valence-corrected chi connectivity index (χ2v) is 5.94. The molecule has 0 bridgehead atoms. The Balaban J connectivity index is 2.03. The summed E-state index contributed by atoms with van der Waals surface area (Å²) in [6.45, 7) is 7.18. The lowest BCUT2D eigenvalue weighted by Gasteiger charge is -2.23. The summed E-state index contributed by atoms with van der Waals surface area (Å²) in [5.41, 5.74) is 0. The van der Waals surface area contributed by atoms with Crippen LogP contribution in [0.25, 0.3) is 0 Å². The maximum atomic E-state index is 6.26. The minimum atomic E-state index is 0.563. The number of aromatic nitrogens is 1. The molecule has 112 valence electrons. The Kier molecular flexibility index (Phi) is 5.75. The molecule has 0 aromatic carbocycles. The number of likely N-dealkylation sites (tertiary alicyclic amines) is 1. The van der Waals surface area contributed by atoms with Gasteiger partial charge in [0.05, 0.1) is 10.0 Å². The standard InChI is InChI=1S/C14H22Cl2N4/c1-3-17-13-11(15)10-12(16)14(18-13)19(2)8-9-20-6-4-5-7-20/h10H,3-9H2,1-2H3,(H,17,18). The highest BCUT2D eigenvalue weighted by molar-refractivity contribution is 6.37. The minimum absolute atomic E-state index is 0.563. The summed E-state index contributed by atoms with van der Waals surface area (Å²) in [7, 11) is 2.02. The molecule has 0 spiro atoms. The van der Waals surface area contributed by atoms with Gasteiger partial charge < -0.3 is 15.1 Å². The Morgan fingerprint density at radius 2 is 2.00 bits per heavy atom. The number of likely N-dealkylation sites (N-methyl/N-ethyl adjacent to an activating group) is 1. The molecule has 1 saturated heterocycles. The SMILES string of the molecule is CCNc1nc(N(C)CCN2CCCC2)c(Cl)cc1Cl. The van der Waals surface area contributed by atoms with Crippen LogP contribution in [0.5, 0.6) is 0 Å². The van der Waals surface area contributed by atoms with Crippen molar-refractivity contribution in [2.24, 2.45) is 0 Å². The Hall–Kier alpha value is -0.710. The van der Waals surface area contributed by atoms with Crippen molar-refractivity contribution < 1.29 is 0 Å². The molecule has 1 N–H and O–H groups in total. The van der Waals surface area contributed by atoms with E-state index in [-0.39, 0.29) is 0 Å². The zero-order valence-electron chi connectivity index (χ0n) is 12.1.